The van der Waals surface area contributed by atoms with Crippen molar-refractivity contribution in [1.82, 2.24) is 5.32 Å². The van der Waals surface area contributed by atoms with E-state index in [9.17, 15) is 0 Å². The van der Waals surface area contributed by atoms with E-state index in [0.717, 1.165) is 25.1 Å². The normalized spacial score (nSPS) is 17.2. The number of nitrogens with one attached hydrogen (secondary N) is 1. The van der Waals surface area contributed by atoms with Gasteiger partial charge in [0.1, 0.15) is 0 Å². The van der Waals surface area contributed by atoms with Crippen LogP contribution >= 0.6 is 12.6 Å². The molecule has 0 aromatic carbocycles. The summed E-state index contributed by atoms with van der Waals surface area (Å²) >= 11 is 4.62. The highest BCUT2D eigenvalue weighted by molar-refractivity contribution is 7.84. The number of thiol groups is 1. The van der Waals surface area contributed by atoms with E-state index in [0.29, 0.717) is 0 Å². The summed E-state index contributed by atoms with van der Waals surface area (Å²) in [5, 5.41) is 3.42. The lowest BCUT2D eigenvalue weighted by Crippen LogP contribution is -2.17. The fraction of sp³-hybridized carbons (Fsp3) is 0.600. The van der Waals surface area contributed by atoms with Crippen LogP contribution in [0.2, 0.25) is 0 Å². The molecule has 1 N–H and O–H groups in total. The molecule has 1 rings (SSSR count). The van der Waals surface area contributed by atoms with Gasteiger partial charge in [0, 0.05) is 12.2 Å². The summed E-state index contributed by atoms with van der Waals surface area (Å²) in [6.45, 7) is 9.47. The van der Waals surface area contributed by atoms with E-state index < -0.39 is 0 Å². The number of hydrogen-bond donors (Lipinski definition) is 2. The summed E-state index contributed by atoms with van der Waals surface area (Å²) in [4.78, 5) is 1.25. The molecular formula is C15H25NS. The number of rotatable bonds is 6. The van der Waals surface area contributed by atoms with Crippen LogP contribution in [-0.2, 0) is 0 Å². The quantitative estimate of drug-likeness (QED) is 0.399. The summed E-state index contributed by atoms with van der Waals surface area (Å²) in [5.74, 6) is 0. The van der Waals surface area contributed by atoms with Crippen LogP contribution in [0.3, 0.4) is 0 Å². The van der Waals surface area contributed by atoms with Crippen LogP contribution in [0.15, 0.2) is 34.4 Å². The zero-order valence-electron chi connectivity index (χ0n) is 11.2. The van der Waals surface area contributed by atoms with Gasteiger partial charge in [0.2, 0.25) is 0 Å². The van der Waals surface area contributed by atoms with Gasteiger partial charge in [0.05, 0.1) is 0 Å². The molecule has 0 amide bonds. The SMILES string of the molecule is C=C(NCCCC)/C(=C\C)C1=C(S)CCCC1. The highest BCUT2D eigenvalue weighted by Crippen LogP contribution is 2.33. The van der Waals surface area contributed by atoms with Crippen LogP contribution in [-0.4, -0.2) is 6.54 Å². The maximum atomic E-state index is 4.62. The fourth-order valence-corrected chi connectivity index (χ4v) is 2.61. The average molecular weight is 251 g/mol. The molecule has 96 valence electrons. The third kappa shape index (κ3) is 4.27. The lowest BCUT2D eigenvalue weighted by Gasteiger charge is -2.22. The molecule has 0 spiro atoms. The van der Waals surface area contributed by atoms with E-state index >= 15 is 0 Å². The van der Waals surface area contributed by atoms with Crippen LogP contribution in [0.25, 0.3) is 0 Å². The Balaban J connectivity index is 2.68. The van der Waals surface area contributed by atoms with Crippen LogP contribution in [0.1, 0.15) is 52.4 Å². The third-order valence-corrected chi connectivity index (χ3v) is 3.74. The van der Waals surface area contributed by atoms with E-state index in [2.05, 4.69) is 44.4 Å². The molecule has 2 heteroatoms. The molecule has 0 bridgehead atoms. The van der Waals surface area contributed by atoms with Crippen LogP contribution < -0.4 is 5.32 Å². The summed E-state index contributed by atoms with van der Waals surface area (Å²) in [7, 11) is 0. The Hall–Kier alpha value is -0.630. The van der Waals surface area contributed by atoms with E-state index in [-0.39, 0.29) is 0 Å². The van der Waals surface area contributed by atoms with Gasteiger partial charge in [-0.1, -0.05) is 26.0 Å². The first kappa shape index (κ1) is 14.4. The van der Waals surface area contributed by atoms with E-state index in [1.807, 2.05) is 0 Å². The Bertz CT molecular complexity index is 326. The first-order valence-corrected chi connectivity index (χ1v) is 7.16. The summed E-state index contributed by atoms with van der Waals surface area (Å²) in [5.41, 5.74) is 3.73. The average Bonchev–Trinajstić information content (AvgIpc) is 2.33. The van der Waals surface area contributed by atoms with E-state index in [4.69, 9.17) is 0 Å². The minimum atomic E-state index is 1.02. The Kier molecular flexibility index (Phi) is 6.49. The lowest BCUT2D eigenvalue weighted by atomic mass is 9.91. The molecule has 0 unspecified atom stereocenters. The molecule has 0 heterocycles. The minimum absolute atomic E-state index is 1.02. The third-order valence-electron chi connectivity index (χ3n) is 3.25. The molecule has 0 radical (unpaired) electrons. The zero-order valence-corrected chi connectivity index (χ0v) is 12.1. The maximum Gasteiger partial charge on any atom is 0.0340 e. The number of hydrogen-bond acceptors (Lipinski definition) is 2. The molecule has 0 saturated carbocycles. The van der Waals surface area contributed by atoms with Crippen LogP contribution in [0.4, 0.5) is 0 Å². The van der Waals surface area contributed by atoms with Gasteiger partial charge in [0.25, 0.3) is 0 Å². The maximum absolute atomic E-state index is 4.62. The van der Waals surface area contributed by atoms with Gasteiger partial charge in [0.15, 0.2) is 0 Å². The predicted molar refractivity (Wildman–Crippen MR) is 80.3 cm³/mol. The Morgan fingerprint density at radius 1 is 1.41 bits per heavy atom. The Morgan fingerprint density at radius 3 is 2.71 bits per heavy atom. The van der Waals surface area contributed by atoms with Crippen molar-refractivity contribution in [3.8, 4) is 0 Å². The summed E-state index contributed by atoms with van der Waals surface area (Å²) in [6.07, 6.45) is 9.39. The molecule has 0 saturated heterocycles. The number of unbranched alkanes of at least 4 members (excludes halogenated alkanes) is 1. The first-order valence-electron chi connectivity index (χ1n) is 6.71. The smallest absolute Gasteiger partial charge is 0.0340 e. The van der Waals surface area contributed by atoms with Crippen molar-refractivity contribution in [3.63, 3.8) is 0 Å². The number of allylic oxidation sites excluding steroid dienone is 3. The second kappa shape index (κ2) is 7.65. The summed E-state index contributed by atoms with van der Waals surface area (Å²) in [6, 6.07) is 0. The summed E-state index contributed by atoms with van der Waals surface area (Å²) < 4.78 is 0. The molecule has 17 heavy (non-hydrogen) atoms. The van der Waals surface area contributed by atoms with Crippen molar-refractivity contribution in [2.45, 2.75) is 52.4 Å². The van der Waals surface area contributed by atoms with Gasteiger partial charge >= 0.3 is 0 Å². The Morgan fingerprint density at radius 2 is 2.12 bits per heavy atom. The molecule has 0 fully saturated rings. The van der Waals surface area contributed by atoms with Crippen molar-refractivity contribution in [1.29, 1.82) is 0 Å². The molecule has 1 nitrogen and oxygen atoms in total. The first-order chi connectivity index (χ1) is 8.20. The monoisotopic (exact) mass is 251 g/mol. The van der Waals surface area contributed by atoms with Crippen LogP contribution in [0.5, 0.6) is 0 Å². The van der Waals surface area contributed by atoms with Crippen molar-refractivity contribution in [2.24, 2.45) is 0 Å². The molecule has 1 aliphatic carbocycles. The standard InChI is InChI=1S/C15H25NS/c1-4-6-11-16-12(3)13(5-2)14-9-7-8-10-15(14)17/h5,16-17H,3-4,6-11H2,1-2H3/b13-5+. The zero-order chi connectivity index (χ0) is 12.7. The molecule has 0 aromatic heterocycles. The van der Waals surface area contributed by atoms with E-state index in [1.165, 1.54) is 41.7 Å². The van der Waals surface area contributed by atoms with E-state index in [1.54, 1.807) is 0 Å². The van der Waals surface area contributed by atoms with Crippen molar-refractivity contribution in [3.05, 3.63) is 34.4 Å². The second-order valence-electron chi connectivity index (χ2n) is 4.59. The van der Waals surface area contributed by atoms with Gasteiger partial charge in [-0.2, -0.15) is 0 Å². The highest BCUT2D eigenvalue weighted by atomic mass is 32.1. The van der Waals surface area contributed by atoms with Gasteiger partial charge < -0.3 is 5.32 Å². The van der Waals surface area contributed by atoms with Crippen molar-refractivity contribution >= 4 is 12.6 Å². The molecule has 0 atom stereocenters. The highest BCUT2D eigenvalue weighted by Gasteiger charge is 2.15. The van der Waals surface area contributed by atoms with Crippen molar-refractivity contribution < 1.29 is 0 Å². The minimum Gasteiger partial charge on any atom is -0.385 e. The second-order valence-corrected chi connectivity index (χ2v) is 5.13. The molecule has 0 aliphatic heterocycles. The fourth-order valence-electron chi connectivity index (χ4n) is 2.22. The van der Waals surface area contributed by atoms with Gasteiger partial charge in [-0.15, -0.1) is 12.6 Å². The Labute approximate surface area is 111 Å². The van der Waals surface area contributed by atoms with Crippen LogP contribution in [0, 0.1) is 0 Å². The lowest BCUT2D eigenvalue weighted by molar-refractivity contribution is 0.687. The molecular weight excluding hydrogens is 226 g/mol. The van der Waals surface area contributed by atoms with Gasteiger partial charge in [-0.05, 0) is 55.1 Å². The predicted octanol–water partition coefficient (Wildman–Crippen LogP) is 4.59. The topological polar surface area (TPSA) is 12.0 Å². The van der Waals surface area contributed by atoms with Gasteiger partial charge in [-0.25, -0.2) is 0 Å². The molecule has 1 aliphatic rings. The van der Waals surface area contributed by atoms with Crippen molar-refractivity contribution in [2.75, 3.05) is 6.54 Å². The van der Waals surface area contributed by atoms with Gasteiger partial charge in [-0.3, -0.25) is 0 Å². The molecule has 0 aromatic rings. The largest absolute Gasteiger partial charge is 0.385 e.